The molecule has 0 amide bonds. The Kier molecular flexibility index (Phi) is 8.45. The predicted octanol–water partition coefficient (Wildman–Crippen LogP) is 2.97. The third-order valence-electron chi connectivity index (χ3n) is 6.12. The fraction of sp³-hybridized carbons (Fsp3) is 0.500. The van der Waals surface area contributed by atoms with Gasteiger partial charge in [-0.15, -0.1) is 0 Å². The van der Waals surface area contributed by atoms with E-state index in [1.807, 2.05) is 19.9 Å². The number of methoxy groups -OCH3 is 1. The van der Waals surface area contributed by atoms with Gasteiger partial charge in [-0.2, -0.15) is 4.31 Å². The summed E-state index contributed by atoms with van der Waals surface area (Å²) >= 11 is 0. The highest BCUT2D eigenvalue weighted by Gasteiger charge is 2.33. The average molecular weight is 477 g/mol. The van der Waals surface area contributed by atoms with Crippen molar-refractivity contribution in [3.8, 4) is 0 Å². The van der Waals surface area contributed by atoms with Crippen LogP contribution in [-0.4, -0.2) is 62.5 Å². The van der Waals surface area contributed by atoms with Crippen molar-refractivity contribution in [2.75, 3.05) is 33.4 Å². The third-order valence-corrected chi connectivity index (χ3v) is 8.03. The first-order valence-electron chi connectivity index (χ1n) is 11.2. The number of sulfonamides is 1. The SMILES string of the molecule is COCCCn1c(C)cc(C(=O)COC(=O)C2CCN(S(=O)(=O)c3ccccc3)CC2)c1C. The smallest absolute Gasteiger partial charge is 0.309 e. The second-order valence-corrected chi connectivity index (χ2v) is 10.2. The highest BCUT2D eigenvalue weighted by atomic mass is 32.2. The summed E-state index contributed by atoms with van der Waals surface area (Å²) in [6.07, 6.45) is 1.58. The number of Topliss-reactive ketones (excluding diaryl/α,β-unsaturated/α-hetero) is 1. The first-order chi connectivity index (χ1) is 15.8. The number of carbonyl (C=O) groups excluding carboxylic acids is 2. The van der Waals surface area contributed by atoms with Crippen LogP contribution in [0.2, 0.25) is 0 Å². The van der Waals surface area contributed by atoms with Crippen LogP contribution in [0.25, 0.3) is 0 Å². The Balaban J connectivity index is 1.52. The molecule has 0 aliphatic carbocycles. The van der Waals surface area contributed by atoms with E-state index in [0.29, 0.717) is 25.0 Å². The van der Waals surface area contributed by atoms with E-state index in [1.54, 1.807) is 37.4 Å². The zero-order valence-electron chi connectivity index (χ0n) is 19.5. The Morgan fingerprint density at radius 3 is 2.39 bits per heavy atom. The van der Waals surface area contributed by atoms with E-state index in [4.69, 9.17) is 9.47 Å². The maximum Gasteiger partial charge on any atom is 0.309 e. The number of aromatic nitrogens is 1. The summed E-state index contributed by atoms with van der Waals surface area (Å²) < 4.78 is 39.4. The maximum atomic E-state index is 12.7. The second kappa shape index (κ2) is 11.1. The van der Waals surface area contributed by atoms with Crippen LogP contribution in [0.3, 0.4) is 0 Å². The van der Waals surface area contributed by atoms with Crippen molar-refractivity contribution in [3.63, 3.8) is 0 Å². The maximum absolute atomic E-state index is 12.7. The molecule has 0 saturated carbocycles. The number of piperidine rings is 1. The minimum atomic E-state index is -3.57. The van der Waals surface area contributed by atoms with Gasteiger partial charge >= 0.3 is 5.97 Å². The van der Waals surface area contributed by atoms with Gasteiger partial charge < -0.3 is 14.0 Å². The Hall–Kier alpha value is -2.49. The van der Waals surface area contributed by atoms with Crippen LogP contribution < -0.4 is 0 Å². The number of benzene rings is 1. The molecule has 0 bridgehead atoms. The molecule has 0 N–H and O–H groups in total. The van der Waals surface area contributed by atoms with Gasteiger partial charge in [0, 0.05) is 50.3 Å². The number of ether oxygens (including phenoxy) is 2. The molecule has 9 heteroatoms. The Bertz CT molecular complexity index is 1070. The largest absolute Gasteiger partial charge is 0.457 e. The lowest BCUT2D eigenvalue weighted by Gasteiger charge is -2.30. The van der Waals surface area contributed by atoms with E-state index in [9.17, 15) is 18.0 Å². The molecule has 2 heterocycles. The normalized spacial score (nSPS) is 15.5. The topological polar surface area (TPSA) is 94.9 Å². The molecule has 1 aliphatic heterocycles. The summed E-state index contributed by atoms with van der Waals surface area (Å²) in [5.74, 6) is -1.10. The molecule has 0 atom stereocenters. The zero-order valence-corrected chi connectivity index (χ0v) is 20.3. The van der Waals surface area contributed by atoms with E-state index in [2.05, 4.69) is 4.57 Å². The van der Waals surface area contributed by atoms with Crippen LogP contribution in [0.1, 0.15) is 41.0 Å². The van der Waals surface area contributed by atoms with Gasteiger partial charge in [0.05, 0.1) is 10.8 Å². The van der Waals surface area contributed by atoms with Crippen molar-refractivity contribution < 1.29 is 27.5 Å². The van der Waals surface area contributed by atoms with Crippen LogP contribution >= 0.6 is 0 Å². The van der Waals surface area contributed by atoms with Crippen LogP contribution in [0, 0.1) is 19.8 Å². The third kappa shape index (κ3) is 5.90. The van der Waals surface area contributed by atoms with Crippen LogP contribution in [0.15, 0.2) is 41.3 Å². The molecule has 0 spiro atoms. The number of ketones is 1. The second-order valence-electron chi connectivity index (χ2n) is 8.31. The molecule has 180 valence electrons. The van der Waals surface area contributed by atoms with E-state index in [0.717, 1.165) is 24.4 Å². The fourth-order valence-corrected chi connectivity index (χ4v) is 5.69. The summed E-state index contributed by atoms with van der Waals surface area (Å²) in [5, 5.41) is 0. The predicted molar refractivity (Wildman–Crippen MR) is 124 cm³/mol. The minimum absolute atomic E-state index is 0.237. The highest BCUT2D eigenvalue weighted by Crippen LogP contribution is 2.25. The van der Waals surface area contributed by atoms with Crippen molar-refractivity contribution in [1.29, 1.82) is 0 Å². The van der Waals surface area contributed by atoms with Gasteiger partial charge in [-0.3, -0.25) is 9.59 Å². The lowest BCUT2D eigenvalue weighted by Crippen LogP contribution is -2.40. The molecule has 1 aromatic carbocycles. The fourth-order valence-electron chi connectivity index (χ4n) is 4.20. The van der Waals surface area contributed by atoms with Gasteiger partial charge in [0.2, 0.25) is 15.8 Å². The molecular formula is C24H32N2O6S. The van der Waals surface area contributed by atoms with Crippen molar-refractivity contribution in [3.05, 3.63) is 53.3 Å². The quantitative estimate of drug-likeness (QED) is 0.297. The molecule has 2 aromatic rings. The molecule has 0 radical (unpaired) electrons. The standard InChI is InChI=1S/C24H32N2O6S/c1-18-16-22(19(2)26(18)12-7-15-31-3)23(27)17-32-24(28)20-10-13-25(14-11-20)33(29,30)21-8-5-4-6-9-21/h4-6,8-9,16,20H,7,10-15,17H2,1-3H3. The van der Waals surface area contributed by atoms with E-state index in [1.165, 1.54) is 4.31 Å². The van der Waals surface area contributed by atoms with Crippen LogP contribution in [-0.2, 0) is 30.8 Å². The molecule has 1 aliphatic rings. The number of nitrogens with zero attached hydrogens (tertiary/aromatic N) is 2. The van der Waals surface area contributed by atoms with E-state index < -0.39 is 21.9 Å². The molecule has 3 rings (SSSR count). The molecular weight excluding hydrogens is 444 g/mol. The zero-order chi connectivity index (χ0) is 24.0. The Labute approximate surface area is 195 Å². The van der Waals surface area contributed by atoms with Gasteiger partial charge in [0.1, 0.15) is 0 Å². The Morgan fingerprint density at radius 2 is 1.76 bits per heavy atom. The van der Waals surface area contributed by atoms with E-state index >= 15 is 0 Å². The van der Waals surface area contributed by atoms with Crippen LogP contribution in [0.4, 0.5) is 0 Å². The summed E-state index contributed by atoms with van der Waals surface area (Å²) in [7, 11) is -1.91. The molecule has 8 nitrogen and oxygen atoms in total. The van der Waals surface area contributed by atoms with Gasteiger partial charge in [-0.05, 0) is 51.3 Å². The molecule has 0 unspecified atom stereocenters. The van der Waals surface area contributed by atoms with E-state index in [-0.39, 0.29) is 30.4 Å². The lowest BCUT2D eigenvalue weighted by atomic mass is 9.98. The summed E-state index contributed by atoms with van der Waals surface area (Å²) in [6.45, 7) is 5.40. The van der Waals surface area contributed by atoms with Crippen LogP contribution in [0.5, 0.6) is 0 Å². The van der Waals surface area contributed by atoms with Crippen molar-refractivity contribution in [2.45, 2.75) is 44.6 Å². The number of rotatable bonds is 10. The number of aryl methyl sites for hydroxylation is 1. The number of hydrogen-bond donors (Lipinski definition) is 0. The average Bonchev–Trinajstić information content (AvgIpc) is 3.11. The van der Waals surface area contributed by atoms with Gasteiger partial charge in [-0.25, -0.2) is 8.42 Å². The minimum Gasteiger partial charge on any atom is -0.457 e. The molecule has 1 saturated heterocycles. The first kappa shape index (κ1) is 25.1. The highest BCUT2D eigenvalue weighted by molar-refractivity contribution is 7.89. The molecule has 1 fully saturated rings. The van der Waals surface area contributed by atoms with Gasteiger partial charge in [-0.1, -0.05) is 18.2 Å². The van der Waals surface area contributed by atoms with Gasteiger partial charge in [0.15, 0.2) is 6.61 Å². The number of esters is 1. The molecule has 1 aromatic heterocycles. The van der Waals surface area contributed by atoms with Crippen molar-refractivity contribution in [1.82, 2.24) is 8.87 Å². The Morgan fingerprint density at radius 1 is 1.09 bits per heavy atom. The monoisotopic (exact) mass is 476 g/mol. The summed E-state index contributed by atoms with van der Waals surface area (Å²) in [5.41, 5.74) is 2.39. The summed E-state index contributed by atoms with van der Waals surface area (Å²) in [6, 6.07) is 10.1. The van der Waals surface area contributed by atoms with Gasteiger partial charge in [0.25, 0.3) is 0 Å². The first-order valence-corrected chi connectivity index (χ1v) is 12.6. The number of hydrogen-bond acceptors (Lipinski definition) is 6. The molecule has 33 heavy (non-hydrogen) atoms. The number of carbonyl (C=O) groups is 2. The summed E-state index contributed by atoms with van der Waals surface area (Å²) in [4.78, 5) is 25.5. The lowest BCUT2D eigenvalue weighted by molar-refractivity contribution is -0.148. The van der Waals surface area contributed by atoms with Crippen molar-refractivity contribution >= 4 is 21.8 Å². The van der Waals surface area contributed by atoms with Crippen molar-refractivity contribution in [2.24, 2.45) is 5.92 Å².